The molecule has 86 valence electrons. The minimum absolute atomic E-state index is 0.0269. The van der Waals surface area contributed by atoms with Gasteiger partial charge in [0.1, 0.15) is 0 Å². The molecule has 2 unspecified atom stereocenters. The smallest absolute Gasteiger partial charge is 0.224 e. The van der Waals surface area contributed by atoms with Gasteiger partial charge in [-0.05, 0) is 24.6 Å². The summed E-state index contributed by atoms with van der Waals surface area (Å²) in [5.41, 5.74) is 13.5. The molecular weight excluding hydrogens is 202 g/mol. The van der Waals surface area contributed by atoms with Crippen LogP contribution in [0.5, 0.6) is 0 Å². The first-order valence-electron chi connectivity index (χ1n) is 5.54. The molecule has 1 aliphatic heterocycles. The number of benzene rings is 1. The molecule has 0 radical (unpaired) electrons. The predicted molar refractivity (Wildman–Crippen MR) is 63.6 cm³/mol. The van der Waals surface area contributed by atoms with Crippen molar-refractivity contribution in [2.45, 2.75) is 25.4 Å². The Kier molecular flexibility index (Phi) is 2.83. The molecule has 16 heavy (non-hydrogen) atoms. The minimum Gasteiger partial charge on any atom is -0.399 e. The third-order valence-electron chi connectivity index (χ3n) is 3.06. The Morgan fingerprint density at radius 3 is 2.88 bits per heavy atom. The van der Waals surface area contributed by atoms with Crippen molar-refractivity contribution < 1.29 is 4.79 Å². The number of hydrogen-bond acceptors (Lipinski definition) is 3. The number of nitrogens with two attached hydrogens (primary N) is 2. The van der Waals surface area contributed by atoms with Gasteiger partial charge in [-0.2, -0.15) is 0 Å². The highest BCUT2D eigenvalue weighted by Gasteiger charge is 2.37. The zero-order valence-electron chi connectivity index (χ0n) is 9.39. The Hall–Kier alpha value is -1.55. The number of nitrogen functional groups attached to an aromatic ring is 1. The molecule has 4 heteroatoms. The molecule has 1 fully saturated rings. The molecule has 0 aromatic heterocycles. The third kappa shape index (κ3) is 1.76. The maximum atomic E-state index is 11.7. The highest BCUT2D eigenvalue weighted by Crippen LogP contribution is 2.32. The quantitative estimate of drug-likeness (QED) is 0.725. The van der Waals surface area contributed by atoms with E-state index < -0.39 is 0 Å². The second kappa shape index (κ2) is 4.14. The van der Waals surface area contributed by atoms with Gasteiger partial charge in [0, 0.05) is 24.7 Å². The summed E-state index contributed by atoms with van der Waals surface area (Å²) < 4.78 is 0. The first-order chi connectivity index (χ1) is 7.63. The summed E-state index contributed by atoms with van der Waals surface area (Å²) in [4.78, 5) is 13.5. The molecule has 0 aliphatic carbocycles. The van der Waals surface area contributed by atoms with Crippen molar-refractivity contribution in [3.05, 3.63) is 29.8 Å². The van der Waals surface area contributed by atoms with Crippen LogP contribution in [0.3, 0.4) is 0 Å². The summed E-state index contributed by atoms with van der Waals surface area (Å²) in [6.45, 7) is 2.65. The molecule has 0 saturated carbocycles. The Morgan fingerprint density at radius 1 is 1.50 bits per heavy atom. The molecule has 1 heterocycles. The van der Waals surface area contributed by atoms with E-state index in [9.17, 15) is 4.79 Å². The van der Waals surface area contributed by atoms with Crippen LogP contribution >= 0.6 is 0 Å². The molecular formula is C12H17N3O. The molecule has 1 amide bonds. The van der Waals surface area contributed by atoms with Gasteiger partial charge in [-0.3, -0.25) is 4.79 Å². The van der Waals surface area contributed by atoms with Crippen LogP contribution in [-0.4, -0.2) is 23.4 Å². The van der Waals surface area contributed by atoms with Crippen molar-refractivity contribution in [1.82, 2.24) is 4.90 Å². The highest BCUT2D eigenvalue weighted by molar-refractivity contribution is 5.80. The van der Waals surface area contributed by atoms with Crippen LogP contribution in [0, 0.1) is 0 Å². The monoisotopic (exact) mass is 219 g/mol. The average molecular weight is 219 g/mol. The number of nitrogens with zero attached hydrogens (tertiary/aromatic N) is 1. The van der Waals surface area contributed by atoms with Crippen molar-refractivity contribution >= 4 is 11.6 Å². The standard InChI is InChI=1S/C12H17N3O/c1-2-15-11(16)7-10(14)12(15)8-4-3-5-9(13)6-8/h3-6,10,12H,2,7,13-14H2,1H3. The molecule has 1 saturated heterocycles. The van der Waals surface area contributed by atoms with Crippen LogP contribution < -0.4 is 11.5 Å². The van der Waals surface area contributed by atoms with Gasteiger partial charge in [-0.25, -0.2) is 0 Å². The molecule has 4 nitrogen and oxygen atoms in total. The molecule has 4 N–H and O–H groups in total. The highest BCUT2D eigenvalue weighted by atomic mass is 16.2. The fourth-order valence-corrected chi connectivity index (χ4v) is 2.36. The van der Waals surface area contributed by atoms with Gasteiger partial charge in [-0.1, -0.05) is 12.1 Å². The van der Waals surface area contributed by atoms with E-state index in [1.165, 1.54) is 0 Å². The van der Waals surface area contributed by atoms with Crippen LogP contribution in [0.2, 0.25) is 0 Å². The molecule has 1 aromatic carbocycles. The van der Waals surface area contributed by atoms with Gasteiger partial charge in [0.2, 0.25) is 5.91 Å². The molecule has 1 aliphatic rings. The van der Waals surface area contributed by atoms with Crippen LogP contribution in [0.15, 0.2) is 24.3 Å². The second-order valence-corrected chi connectivity index (χ2v) is 4.16. The van der Waals surface area contributed by atoms with Crippen molar-refractivity contribution in [1.29, 1.82) is 0 Å². The fraction of sp³-hybridized carbons (Fsp3) is 0.417. The van der Waals surface area contributed by atoms with E-state index in [0.29, 0.717) is 18.7 Å². The van der Waals surface area contributed by atoms with Crippen molar-refractivity contribution in [2.24, 2.45) is 5.73 Å². The Balaban J connectivity index is 2.35. The van der Waals surface area contributed by atoms with Crippen molar-refractivity contribution in [3.8, 4) is 0 Å². The van der Waals surface area contributed by atoms with Crippen LogP contribution in [0.25, 0.3) is 0 Å². The Bertz CT molecular complexity index is 405. The number of likely N-dealkylation sites (N-methyl/N-ethyl adjacent to an activating group) is 1. The first kappa shape index (κ1) is 11.0. The number of anilines is 1. The van der Waals surface area contributed by atoms with E-state index in [1.54, 1.807) is 0 Å². The summed E-state index contributed by atoms with van der Waals surface area (Å²) in [6.07, 6.45) is 0.424. The van der Waals surface area contributed by atoms with E-state index in [4.69, 9.17) is 11.5 Å². The number of hydrogen-bond donors (Lipinski definition) is 2. The Morgan fingerprint density at radius 2 is 2.25 bits per heavy atom. The SMILES string of the molecule is CCN1C(=O)CC(N)C1c1cccc(N)c1. The molecule has 2 atom stereocenters. The van der Waals surface area contributed by atoms with Crippen LogP contribution in [0.1, 0.15) is 24.9 Å². The molecule has 0 spiro atoms. The van der Waals surface area contributed by atoms with E-state index in [0.717, 1.165) is 5.56 Å². The largest absolute Gasteiger partial charge is 0.399 e. The number of rotatable bonds is 2. The summed E-state index contributed by atoms with van der Waals surface area (Å²) in [7, 11) is 0. The van der Waals surface area contributed by atoms with Gasteiger partial charge in [0.25, 0.3) is 0 Å². The van der Waals surface area contributed by atoms with Crippen LogP contribution in [-0.2, 0) is 4.79 Å². The molecule has 1 aromatic rings. The lowest BCUT2D eigenvalue weighted by Crippen LogP contribution is -2.32. The zero-order valence-corrected chi connectivity index (χ0v) is 9.39. The number of carbonyl (C=O) groups excluding carboxylic acids is 1. The van der Waals surface area contributed by atoms with Gasteiger partial charge in [-0.15, -0.1) is 0 Å². The van der Waals surface area contributed by atoms with E-state index in [-0.39, 0.29) is 18.0 Å². The van der Waals surface area contributed by atoms with Gasteiger partial charge in [0.15, 0.2) is 0 Å². The molecule has 0 bridgehead atoms. The fourth-order valence-electron chi connectivity index (χ4n) is 2.36. The summed E-state index contributed by atoms with van der Waals surface area (Å²) in [5, 5.41) is 0. The van der Waals surface area contributed by atoms with Crippen molar-refractivity contribution in [3.63, 3.8) is 0 Å². The van der Waals surface area contributed by atoms with E-state index >= 15 is 0 Å². The lowest BCUT2D eigenvalue weighted by Gasteiger charge is -2.26. The van der Waals surface area contributed by atoms with E-state index in [1.807, 2.05) is 36.1 Å². The minimum atomic E-state index is -0.130. The maximum absolute atomic E-state index is 11.7. The first-order valence-corrected chi connectivity index (χ1v) is 5.54. The average Bonchev–Trinajstić information content (AvgIpc) is 2.52. The lowest BCUT2D eigenvalue weighted by atomic mass is 10.0. The Labute approximate surface area is 95.2 Å². The number of amides is 1. The maximum Gasteiger partial charge on any atom is 0.224 e. The van der Waals surface area contributed by atoms with Crippen molar-refractivity contribution in [2.75, 3.05) is 12.3 Å². The predicted octanol–water partition coefficient (Wildman–Crippen LogP) is 0.889. The van der Waals surface area contributed by atoms with Gasteiger partial charge < -0.3 is 16.4 Å². The van der Waals surface area contributed by atoms with Gasteiger partial charge >= 0.3 is 0 Å². The zero-order chi connectivity index (χ0) is 11.7. The third-order valence-corrected chi connectivity index (χ3v) is 3.06. The number of carbonyl (C=O) groups is 1. The lowest BCUT2D eigenvalue weighted by molar-refractivity contribution is -0.128. The molecule has 2 rings (SSSR count). The summed E-state index contributed by atoms with van der Waals surface area (Å²) in [5.74, 6) is 0.127. The van der Waals surface area contributed by atoms with E-state index in [2.05, 4.69) is 0 Å². The normalized spacial score (nSPS) is 25.1. The number of likely N-dealkylation sites (tertiary alicyclic amines) is 1. The summed E-state index contributed by atoms with van der Waals surface area (Å²) in [6, 6.07) is 7.44. The summed E-state index contributed by atoms with van der Waals surface area (Å²) >= 11 is 0. The second-order valence-electron chi connectivity index (χ2n) is 4.16. The topological polar surface area (TPSA) is 72.3 Å². The van der Waals surface area contributed by atoms with Crippen LogP contribution in [0.4, 0.5) is 5.69 Å². The van der Waals surface area contributed by atoms with Gasteiger partial charge in [0.05, 0.1) is 6.04 Å².